The van der Waals surface area contributed by atoms with E-state index in [-0.39, 0.29) is 18.3 Å². The zero-order valence-corrected chi connectivity index (χ0v) is 8.48. The summed E-state index contributed by atoms with van der Waals surface area (Å²) in [5, 5.41) is 0. The molecule has 0 heterocycles. The van der Waals surface area contributed by atoms with Crippen molar-refractivity contribution in [2.24, 2.45) is 5.92 Å². The van der Waals surface area contributed by atoms with Gasteiger partial charge >= 0.3 is 5.97 Å². The van der Waals surface area contributed by atoms with Crippen LogP contribution in [0.25, 0.3) is 0 Å². The van der Waals surface area contributed by atoms with E-state index in [9.17, 15) is 13.2 Å². The molecular weight excluding hydrogens is 204 g/mol. The Morgan fingerprint density at radius 1 is 1.50 bits per heavy atom. The minimum atomic E-state index is -3.55. The lowest BCUT2D eigenvalue weighted by atomic mass is 10.2. The monoisotopic (exact) mass is 214 g/mol. The van der Waals surface area contributed by atoms with Gasteiger partial charge in [-0.3, -0.25) is 4.79 Å². The maximum Gasteiger partial charge on any atom is 0.308 e. The van der Waals surface area contributed by atoms with Gasteiger partial charge in [-0.1, -0.05) is 13.8 Å². The van der Waals surface area contributed by atoms with Crippen LogP contribution in [-0.4, -0.2) is 26.7 Å². The Morgan fingerprint density at radius 3 is 2.33 bits per heavy atom. The highest BCUT2D eigenvalue weighted by Gasteiger charge is 2.10. The third kappa shape index (κ3) is 6.42. The molecule has 12 heavy (non-hydrogen) atoms. The maximum atomic E-state index is 10.8. The van der Waals surface area contributed by atoms with Crippen molar-refractivity contribution >= 4 is 25.7 Å². The summed E-state index contributed by atoms with van der Waals surface area (Å²) >= 11 is 0. The minimum absolute atomic E-state index is 0.178. The maximum absolute atomic E-state index is 10.8. The van der Waals surface area contributed by atoms with E-state index in [1.165, 1.54) is 0 Å². The van der Waals surface area contributed by atoms with Gasteiger partial charge in [0.1, 0.15) is 6.61 Å². The summed E-state index contributed by atoms with van der Waals surface area (Å²) in [4.78, 5) is 10.8. The molecule has 72 valence electrons. The van der Waals surface area contributed by atoms with Crippen molar-refractivity contribution in [1.82, 2.24) is 0 Å². The molecule has 0 rings (SSSR count). The van der Waals surface area contributed by atoms with E-state index >= 15 is 0 Å². The fraction of sp³-hybridized carbons (Fsp3) is 0.833. The van der Waals surface area contributed by atoms with E-state index in [1.807, 2.05) is 0 Å². The molecule has 0 aromatic carbocycles. The number of hydrogen-bond acceptors (Lipinski definition) is 4. The Labute approximate surface area is 76.3 Å². The van der Waals surface area contributed by atoms with Crippen LogP contribution in [0.3, 0.4) is 0 Å². The van der Waals surface area contributed by atoms with Gasteiger partial charge in [-0.05, 0) is 0 Å². The van der Waals surface area contributed by atoms with Gasteiger partial charge in [-0.15, -0.1) is 0 Å². The molecule has 0 bridgehead atoms. The fourth-order valence-corrected chi connectivity index (χ4v) is 0.880. The van der Waals surface area contributed by atoms with Crippen molar-refractivity contribution in [2.75, 3.05) is 12.4 Å². The van der Waals surface area contributed by atoms with E-state index in [0.717, 1.165) is 0 Å². The highest BCUT2D eigenvalue weighted by molar-refractivity contribution is 8.13. The standard InChI is InChI=1S/C6H11ClO4S/c1-5(2)6(8)11-3-4-12(7,9)10/h5H,3-4H2,1-2H3. The Hall–Kier alpha value is -0.290. The highest BCUT2D eigenvalue weighted by Crippen LogP contribution is 1.99. The van der Waals surface area contributed by atoms with Gasteiger partial charge < -0.3 is 4.74 Å². The van der Waals surface area contributed by atoms with Gasteiger partial charge in [-0.25, -0.2) is 8.42 Å². The Bertz CT molecular complexity index is 244. The molecule has 0 aromatic rings. The summed E-state index contributed by atoms with van der Waals surface area (Å²) in [5.74, 6) is -1.01. The molecule has 6 heteroatoms. The average molecular weight is 215 g/mol. The van der Waals surface area contributed by atoms with Crippen molar-refractivity contribution < 1.29 is 17.9 Å². The lowest BCUT2D eigenvalue weighted by molar-refractivity contribution is -0.146. The first-order valence-electron chi connectivity index (χ1n) is 3.42. The predicted molar refractivity (Wildman–Crippen MR) is 45.4 cm³/mol. The zero-order chi connectivity index (χ0) is 9.78. The molecule has 0 radical (unpaired) electrons. The first kappa shape index (κ1) is 11.7. The largest absolute Gasteiger partial charge is 0.464 e. The number of carbonyl (C=O) groups excluding carboxylic acids is 1. The van der Waals surface area contributed by atoms with E-state index in [4.69, 9.17) is 10.7 Å². The van der Waals surface area contributed by atoms with Gasteiger partial charge in [0, 0.05) is 10.7 Å². The van der Waals surface area contributed by atoms with Crippen LogP contribution >= 0.6 is 10.7 Å². The number of esters is 1. The highest BCUT2D eigenvalue weighted by atomic mass is 35.7. The Kier molecular flexibility index (Phi) is 4.55. The molecule has 0 fully saturated rings. The van der Waals surface area contributed by atoms with Crippen LogP contribution in [0.5, 0.6) is 0 Å². The zero-order valence-electron chi connectivity index (χ0n) is 6.91. The molecule has 0 atom stereocenters. The SMILES string of the molecule is CC(C)C(=O)OCCS(=O)(=O)Cl. The van der Waals surface area contributed by atoms with E-state index in [0.29, 0.717) is 0 Å². The third-order valence-electron chi connectivity index (χ3n) is 1.04. The normalized spacial score (nSPS) is 11.7. The van der Waals surface area contributed by atoms with Crippen molar-refractivity contribution in [3.63, 3.8) is 0 Å². The van der Waals surface area contributed by atoms with Crippen molar-refractivity contribution in [3.05, 3.63) is 0 Å². The number of ether oxygens (including phenoxy) is 1. The van der Waals surface area contributed by atoms with E-state index < -0.39 is 15.0 Å². The van der Waals surface area contributed by atoms with Gasteiger partial charge in [0.15, 0.2) is 0 Å². The van der Waals surface area contributed by atoms with Crippen LogP contribution in [-0.2, 0) is 18.6 Å². The molecule has 0 unspecified atom stereocenters. The molecule has 0 spiro atoms. The molecule has 0 aromatic heterocycles. The molecule has 0 aliphatic carbocycles. The Balaban J connectivity index is 3.66. The van der Waals surface area contributed by atoms with Crippen molar-refractivity contribution in [1.29, 1.82) is 0 Å². The van der Waals surface area contributed by atoms with Crippen LogP contribution in [0.15, 0.2) is 0 Å². The molecule has 0 N–H and O–H groups in total. The molecule has 0 amide bonds. The van der Waals surface area contributed by atoms with Crippen LogP contribution in [0.2, 0.25) is 0 Å². The van der Waals surface area contributed by atoms with Crippen LogP contribution in [0.1, 0.15) is 13.8 Å². The summed E-state index contributed by atoms with van der Waals surface area (Å²) in [6.07, 6.45) is 0. The fourth-order valence-electron chi connectivity index (χ4n) is 0.408. The van der Waals surface area contributed by atoms with Gasteiger partial charge in [0.05, 0.1) is 11.7 Å². The smallest absolute Gasteiger partial charge is 0.308 e. The molecule has 0 saturated carbocycles. The van der Waals surface area contributed by atoms with Gasteiger partial charge in [0.2, 0.25) is 9.05 Å². The molecular formula is C6H11ClO4S. The van der Waals surface area contributed by atoms with Crippen molar-refractivity contribution in [3.8, 4) is 0 Å². The molecule has 4 nitrogen and oxygen atoms in total. The second kappa shape index (κ2) is 4.67. The van der Waals surface area contributed by atoms with E-state index in [1.54, 1.807) is 13.8 Å². The van der Waals surface area contributed by atoms with Crippen LogP contribution in [0.4, 0.5) is 0 Å². The van der Waals surface area contributed by atoms with Crippen LogP contribution < -0.4 is 0 Å². The summed E-state index contributed by atoms with van der Waals surface area (Å²) in [7, 11) is 1.33. The van der Waals surface area contributed by atoms with Gasteiger partial charge in [0.25, 0.3) is 0 Å². The summed E-state index contributed by atoms with van der Waals surface area (Å²) in [6.45, 7) is 3.15. The average Bonchev–Trinajstić information content (AvgIpc) is 1.84. The molecule has 0 aliphatic rings. The number of hydrogen-bond donors (Lipinski definition) is 0. The predicted octanol–water partition coefficient (Wildman–Crippen LogP) is 0.754. The Morgan fingerprint density at radius 2 is 2.00 bits per heavy atom. The van der Waals surface area contributed by atoms with Crippen LogP contribution in [0, 0.1) is 5.92 Å². The quantitative estimate of drug-likeness (QED) is 0.512. The topological polar surface area (TPSA) is 60.4 Å². The first-order chi connectivity index (χ1) is 5.33. The van der Waals surface area contributed by atoms with Gasteiger partial charge in [-0.2, -0.15) is 0 Å². The van der Waals surface area contributed by atoms with Crippen molar-refractivity contribution in [2.45, 2.75) is 13.8 Å². The minimum Gasteiger partial charge on any atom is -0.464 e. The number of carbonyl (C=O) groups is 1. The third-order valence-corrected chi connectivity index (χ3v) is 2.16. The second-order valence-corrected chi connectivity index (χ2v) is 5.46. The summed E-state index contributed by atoms with van der Waals surface area (Å²) in [6, 6.07) is 0. The molecule has 0 saturated heterocycles. The second-order valence-electron chi connectivity index (χ2n) is 2.57. The number of halogens is 1. The lowest BCUT2D eigenvalue weighted by Gasteiger charge is -2.04. The van der Waals surface area contributed by atoms with E-state index in [2.05, 4.69) is 4.74 Å². The lowest BCUT2D eigenvalue weighted by Crippen LogP contribution is -2.16. The summed E-state index contributed by atoms with van der Waals surface area (Å²) in [5.41, 5.74) is 0. The molecule has 0 aliphatic heterocycles. The first-order valence-corrected chi connectivity index (χ1v) is 5.90. The number of rotatable bonds is 4. The summed E-state index contributed by atoms with van der Waals surface area (Å²) < 4.78 is 25.3.